The van der Waals surface area contributed by atoms with E-state index in [1.807, 2.05) is 0 Å². The van der Waals surface area contributed by atoms with Gasteiger partial charge in [-0.15, -0.1) is 0 Å². The van der Waals surface area contributed by atoms with E-state index in [1.165, 1.54) is 14.2 Å². The quantitative estimate of drug-likeness (QED) is 0.780. The summed E-state index contributed by atoms with van der Waals surface area (Å²) in [6.45, 7) is 0. The predicted octanol–water partition coefficient (Wildman–Crippen LogP) is 1.82. The summed E-state index contributed by atoms with van der Waals surface area (Å²) in [6, 6.07) is 3.28. The van der Waals surface area contributed by atoms with Gasteiger partial charge in [0.25, 0.3) is 0 Å². The molecule has 0 saturated heterocycles. The van der Waals surface area contributed by atoms with Crippen LogP contribution in [-0.4, -0.2) is 28.9 Å². The first-order valence-corrected chi connectivity index (χ1v) is 7.20. The average Bonchev–Trinajstić information content (AvgIpc) is 2.25. The molecule has 0 aliphatic heterocycles. The molecule has 1 aromatic carbocycles. The Balaban J connectivity index is 3.30. The standard InChI is InChI=1S/C11H11BrO4S/c1-15-10-6-8(4-5-17(3,13)14)9(12)7-11(10)16-2/h6-7H,1-3H3. The van der Waals surface area contributed by atoms with Crippen molar-refractivity contribution >= 4 is 25.8 Å². The molecule has 92 valence electrons. The molecule has 1 aromatic rings. The molecule has 0 N–H and O–H groups in total. The molecule has 0 amide bonds. The van der Waals surface area contributed by atoms with E-state index in [2.05, 4.69) is 27.1 Å². The molecule has 0 unspecified atom stereocenters. The number of benzene rings is 1. The van der Waals surface area contributed by atoms with Crippen molar-refractivity contribution in [3.63, 3.8) is 0 Å². The molecule has 0 heterocycles. The van der Waals surface area contributed by atoms with Gasteiger partial charge in [-0.05, 0) is 27.9 Å². The van der Waals surface area contributed by atoms with Gasteiger partial charge in [0.1, 0.15) is 0 Å². The molecular formula is C11H11BrO4S. The second-order valence-corrected chi connectivity index (χ2v) is 5.79. The van der Waals surface area contributed by atoms with Crippen molar-refractivity contribution in [2.24, 2.45) is 0 Å². The van der Waals surface area contributed by atoms with E-state index in [1.54, 1.807) is 12.1 Å². The van der Waals surface area contributed by atoms with Crippen molar-refractivity contribution in [2.45, 2.75) is 0 Å². The van der Waals surface area contributed by atoms with Crippen LogP contribution in [0.25, 0.3) is 0 Å². The largest absolute Gasteiger partial charge is 0.493 e. The zero-order chi connectivity index (χ0) is 13.1. The molecule has 0 aliphatic rings. The van der Waals surface area contributed by atoms with Crippen molar-refractivity contribution < 1.29 is 17.9 Å². The predicted molar refractivity (Wildman–Crippen MR) is 69.0 cm³/mol. The van der Waals surface area contributed by atoms with Crippen LogP contribution < -0.4 is 9.47 Å². The summed E-state index contributed by atoms with van der Waals surface area (Å²) in [5.41, 5.74) is 0.521. The first-order valence-electron chi connectivity index (χ1n) is 4.51. The average molecular weight is 319 g/mol. The van der Waals surface area contributed by atoms with Gasteiger partial charge >= 0.3 is 0 Å². The molecule has 0 radical (unpaired) electrons. The second kappa shape index (κ2) is 5.43. The number of rotatable bonds is 2. The minimum absolute atomic E-state index is 0.494. The van der Waals surface area contributed by atoms with E-state index in [-0.39, 0.29) is 0 Å². The molecule has 4 nitrogen and oxygen atoms in total. The van der Waals surface area contributed by atoms with Gasteiger partial charge in [-0.1, -0.05) is 0 Å². The first-order chi connectivity index (χ1) is 7.87. The van der Waals surface area contributed by atoms with Crippen LogP contribution in [0, 0.1) is 11.2 Å². The molecule has 17 heavy (non-hydrogen) atoms. The number of ether oxygens (including phenoxy) is 2. The zero-order valence-corrected chi connectivity index (χ0v) is 12.0. The lowest BCUT2D eigenvalue weighted by atomic mass is 10.2. The third-order valence-electron chi connectivity index (χ3n) is 1.84. The monoisotopic (exact) mass is 318 g/mol. The third-order valence-corrected chi connectivity index (χ3v) is 2.97. The summed E-state index contributed by atoms with van der Waals surface area (Å²) in [7, 11) is -0.309. The molecule has 0 fully saturated rings. The highest BCUT2D eigenvalue weighted by Gasteiger charge is 2.08. The molecule has 0 spiro atoms. The fraction of sp³-hybridized carbons (Fsp3) is 0.273. The minimum atomic E-state index is -3.33. The van der Waals surface area contributed by atoms with E-state index < -0.39 is 9.84 Å². The van der Waals surface area contributed by atoms with Gasteiger partial charge in [0, 0.05) is 21.4 Å². The van der Waals surface area contributed by atoms with E-state index in [0.29, 0.717) is 21.5 Å². The molecule has 0 aromatic heterocycles. The SMILES string of the molecule is COc1cc(Br)c(C#CS(C)(=O)=O)cc1OC. The van der Waals surface area contributed by atoms with Crippen LogP contribution in [0.5, 0.6) is 11.5 Å². The van der Waals surface area contributed by atoms with Crippen molar-refractivity contribution in [2.75, 3.05) is 20.5 Å². The Labute approximate surface area is 109 Å². The Bertz CT molecular complexity index is 581. The topological polar surface area (TPSA) is 52.6 Å². The van der Waals surface area contributed by atoms with E-state index in [4.69, 9.17) is 9.47 Å². The summed E-state index contributed by atoms with van der Waals surface area (Å²) < 4.78 is 32.7. The van der Waals surface area contributed by atoms with Crippen molar-refractivity contribution in [1.82, 2.24) is 0 Å². The summed E-state index contributed by atoms with van der Waals surface area (Å²) in [5, 5.41) is 2.16. The zero-order valence-electron chi connectivity index (χ0n) is 9.57. The van der Waals surface area contributed by atoms with Crippen LogP contribution in [0.1, 0.15) is 5.56 Å². The van der Waals surface area contributed by atoms with Gasteiger partial charge in [-0.25, -0.2) is 8.42 Å². The van der Waals surface area contributed by atoms with Crippen LogP contribution >= 0.6 is 15.9 Å². The lowest BCUT2D eigenvalue weighted by Crippen LogP contribution is -1.93. The summed E-state index contributed by atoms with van der Waals surface area (Å²) in [6.07, 6.45) is 1.05. The fourth-order valence-electron chi connectivity index (χ4n) is 1.10. The fourth-order valence-corrected chi connectivity index (χ4v) is 1.81. The van der Waals surface area contributed by atoms with Crippen LogP contribution in [0.15, 0.2) is 16.6 Å². The summed E-state index contributed by atoms with van der Waals surface area (Å²) in [4.78, 5) is 0. The van der Waals surface area contributed by atoms with Crippen LogP contribution in [0.4, 0.5) is 0 Å². The van der Waals surface area contributed by atoms with Gasteiger partial charge in [0.05, 0.1) is 20.5 Å². The van der Waals surface area contributed by atoms with Crippen molar-refractivity contribution in [1.29, 1.82) is 0 Å². The normalized spacial score (nSPS) is 10.4. The number of halogens is 1. The maximum Gasteiger partial charge on any atom is 0.214 e. The minimum Gasteiger partial charge on any atom is -0.493 e. The summed E-state index contributed by atoms with van der Waals surface area (Å²) in [5.74, 6) is 3.60. The lowest BCUT2D eigenvalue weighted by molar-refractivity contribution is 0.354. The Morgan fingerprint density at radius 3 is 2.18 bits per heavy atom. The van der Waals surface area contributed by atoms with Crippen LogP contribution in [0.2, 0.25) is 0 Å². The lowest BCUT2D eigenvalue weighted by Gasteiger charge is -2.08. The van der Waals surface area contributed by atoms with Crippen LogP contribution in [0.3, 0.4) is 0 Å². The Kier molecular flexibility index (Phi) is 4.43. The van der Waals surface area contributed by atoms with Gasteiger partial charge in [0.15, 0.2) is 11.5 Å². The number of sulfone groups is 1. The highest BCUT2D eigenvalue weighted by Crippen LogP contribution is 2.32. The number of hydrogen-bond donors (Lipinski definition) is 0. The van der Waals surface area contributed by atoms with Gasteiger partial charge in [0.2, 0.25) is 9.84 Å². The van der Waals surface area contributed by atoms with Gasteiger partial charge in [-0.2, -0.15) is 0 Å². The molecule has 0 bridgehead atoms. The second-order valence-electron chi connectivity index (χ2n) is 3.19. The van der Waals surface area contributed by atoms with Gasteiger partial charge < -0.3 is 9.47 Å². The molecule has 0 atom stereocenters. The maximum absolute atomic E-state index is 10.9. The van der Waals surface area contributed by atoms with E-state index in [9.17, 15) is 8.42 Å². The molecule has 0 aliphatic carbocycles. The Morgan fingerprint density at radius 1 is 1.18 bits per heavy atom. The molecular weight excluding hydrogens is 308 g/mol. The highest BCUT2D eigenvalue weighted by atomic mass is 79.9. The Morgan fingerprint density at radius 2 is 1.71 bits per heavy atom. The van der Waals surface area contributed by atoms with E-state index >= 15 is 0 Å². The molecule has 0 saturated carbocycles. The van der Waals surface area contributed by atoms with Crippen LogP contribution in [-0.2, 0) is 9.84 Å². The first kappa shape index (κ1) is 13.9. The number of methoxy groups -OCH3 is 2. The Hall–Kier alpha value is -1.19. The number of hydrogen-bond acceptors (Lipinski definition) is 4. The van der Waals surface area contributed by atoms with Gasteiger partial charge in [-0.3, -0.25) is 0 Å². The molecule has 1 rings (SSSR count). The summed E-state index contributed by atoms with van der Waals surface area (Å²) >= 11 is 3.29. The van der Waals surface area contributed by atoms with Crippen molar-refractivity contribution in [3.05, 3.63) is 22.2 Å². The third kappa shape index (κ3) is 3.95. The van der Waals surface area contributed by atoms with E-state index in [0.717, 1.165) is 6.26 Å². The highest BCUT2D eigenvalue weighted by molar-refractivity contribution is 9.10. The maximum atomic E-state index is 10.9. The van der Waals surface area contributed by atoms with Crippen molar-refractivity contribution in [3.8, 4) is 22.7 Å². The smallest absolute Gasteiger partial charge is 0.214 e. The molecule has 6 heteroatoms.